The molecule has 0 radical (unpaired) electrons. The number of aromatic nitrogens is 2. The van der Waals surface area contributed by atoms with E-state index in [1.54, 1.807) is 0 Å². The van der Waals surface area contributed by atoms with Crippen molar-refractivity contribution in [3.05, 3.63) is 33.1 Å². The van der Waals surface area contributed by atoms with Crippen molar-refractivity contribution in [3.63, 3.8) is 0 Å². The van der Waals surface area contributed by atoms with E-state index in [1.807, 2.05) is 4.98 Å². The van der Waals surface area contributed by atoms with E-state index in [0.29, 0.717) is 4.57 Å². The molecule has 3 atom stereocenters. The fraction of sp³-hybridized carbons (Fsp3) is 0.556. The Morgan fingerprint density at radius 2 is 2.11 bits per heavy atom. The summed E-state index contributed by atoms with van der Waals surface area (Å²) in [7, 11) is 0. The lowest BCUT2D eigenvalue weighted by atomic mass is 10.1. The van der Waals surface area contributed by atoms with Crippen molar-refractivity contribution >= 4 is 22.6 Å². The van der Waals surface area contributed by atoms with E-state index < -0.39 is 39.6 Å². The second-order valence-electron chi connectivity index (χ2n) is 4.05. The number of alkyl halides is 1. The SMILES string of the molecule is O=c1ccn([C@]2(I)O[C@H](CO)[C@@H](O)C2(O)O)c(=O)[nH]1. The highest BCUT2D eigenvalue weighted by Gasteiger charge is 2.65. The van der Waals surface area contributed by atoms with Gasteiger partial charge in [0.05, 0.1) is 6.61 Å². The van der Waals surface area contributed by atoms with Gasteiger partial charge in [0, 0.05) is 12.3 Å². The number of hydrogen-bond acceptors (Lipinski definition) is 7. The van der Waals surface area contributed by atoms with E-state index in [9.17, 15) is 24.9 Å². The Morgan fingerprint density at radius 1 is 1.47 bits per heavy atom. The lowest BCUT2D eigenvalue weighted by Gasteiger charge is -2.33. The molecule has 1 aromatic rings. The van der Waals surface area contributed by atoms with Crippen molar-refractivity contribution in [1.29, 1.82) is 0 Å². The summed E-state index contributed by atoms with van der Waals surface area (Å²) in [6.45, 7) is -0.674. The van der Waals surface area contributed by atoms with Crippen molar-refractivity contribution in [2.45, 2.75) is 21.7 Å². The summed E-state index contributed by atoms with van der Waals surface area (Å²) < 4.78 is 3.79. The Bertz CT molecular complexity index is 597. The molecule has 0 saturated carbocycles. The van der Waals surface area contributed by atoms with Gasteiger partial charge in [-0.25, -0.2) is 4.79 Å². The third-order valence-corrected chi connectivity index (χ3v) is 4.41. The zero-order valence-electron chi connectivity index (χ0n) is 9.36. The van der Waals surface area contributed by atoms with E-state index in [1.165, 1.54) is 22.6 Å². The summed E-state index contributed by atoms with van der Waals surface area (Å²) in [4.78, 5) is 24.6. The number of aromatic amines is 1. The predicted octanol–water partition coefficient (Wildman–Crippen LogP) is -2.99. The summed E-state index contributed by atoms with van der Waals surface area (Å²) in [5.41, 5.74) is -1.61. The fourth-order valence-electron chi connectivity index (χ4n) is 1.81. The first-order valence-corrected chi connectivity index (χ1v) is 6.25. The largest absolute Gasteiger partial charge is 0.394 e. The highest BCUT2D eigenvalue weighted by molar-refractivity contribution is 14.1. The molecule has 9 nitrogen and oxygen atoms in total. The average Bonchev–Trinajstić information content (AvgIpc) is 2.50. The van der Waals surface area contributed by atoms with Gasteiger partial charge in [0.2, 0.25) is 0 Å². The van der Waals surface area contributed by atoms with Gasteiger partial charge in [-0.1, -0.05) is 0 Å². The van der Waals surface area contributed by atoms with E-state index in [4.69, 9.17) is 9.84 Å². The molecule has 1 aliphatic heterocycles. The smallest absolute Gasteiger partial charge is 0.331 e. The third-order valence-electron chi connectivity index (χ3n) is 2.84. The molecule has 1 aromatic heterocycles. The van der Waals surface area contributed by atoms with Crippen LogP contribution in [0, 0.1) is 0 Å². The Morgan fingerprint density at radius 3 is 2.58 bits per heavy atom. The fourth-order valence-corrected chi connectivity index (χ4v) is 2.83. The zero-order valence-corrected chi connectivity index (χ0v) is 11.5. The Balaban J connectivity index is 2.59. The molecule has 1 aliphatic rings. The van der Waals surface area contributed by atoms with Crippen LogP contribution < -0.4 is 11.2 Å². The maximum absolute atomic E-state index is 11.7. The number of hydrogen-bond donors (Lipinski definition) is 5. The minimum atomic E-state index is -2.83. The van der Waals surface area contributed by atoms with Crippen LogP contribution in [0.4, 0.5) is 0 Å². The first kappa shape index (κ1) is 14.6. The topological polar surface area (TPSA) is 145 Å². The Hall–Kier alpha value is -0.790. The molecule has 19 heavy (non-hydrogen) atoms. The van der Waals surface area contributed by atoms with Crippen molar-refractivity contribution in [3.8, 4) is 0 Å². The van der Waals surface area contributed by atoms with Crippen LogP contribution in [0.1, 0.15) is 0 Å². The summed E-state index contributed by atoms with van der Waals surface area (Å²) in [6, 6.07) is 0.986. The predicted molar refractivity (Wildman–Crippen MR) is 68.5 cm³/mol. The first-order chi connectivity index (χ1) is 8.74. The zero-order chi connectivity index (χ0) is 14.4. The lowest BCUT2D eigenvalue weighted by Crippen LogP contribution is -2.57. The number of aliphatic hydroxyl groups excluding tert-OH is 2. The molecule has 10 heteroatoms. The summed E-state index contributed by atoms with van der Waals surface area (Å²) in [5.74, 6) is -2.83. The highest BCUT2D eigenvalue weighted by atomic mass is 127. The summed E-state index contributed by atoms with van der Waals surface area (Å²) in [5, 5.41) is 38.6. The van der Waals surface area contributed by atoms with Crippen LogP contribution >= 0.6 is 22.6 Å². The van der Waals surface area contributed by atoms with E-state index in [0.717, 1.165) is 12.3 Å². The monoisotopic (exact) mass is 386 g/mol. The first-order valence-electron chi connectivity index (χ1n) is 5.17. The second-order valence-corrected chi connectivity index (χ2v) is 5.51. The average molecular weight is 386 g/mol. The van der Waals surface area contributed by atoms with Crippen LogP contribution in [0.25, 0.3) is 0 Å². The minimum absolute atomic E-state index is 0.667. The second kappa shape index (κ2) is 4.64. The molecule has 5 N–H and O–H groups in total. The van der Waals surface area contributed by atoms with E-state index in [2.05, 4.69) is 0 Å². The number of H-pyrrole nitrogens is 1. The van der Waals surface area contributed by atoms with Crippen LogP contribution in [0.15, 0.2) is 21.9 Å². The van der Waals surface area contributed by atoms with E-state index >= 15 is 0 Å². The standard InChI is InChI=1S/C9H11IN2O7/c10-9(12-2-1-5(14)11-7(12)16)8(17,18)6(15)4(3-13)19-9/h1-2,4,6,13,15,17-18H,3H2,(H,11,14,16)/t4-,6-,9+/m1/s1. The van der Waals surface area contributed by atoms with Gasteiger partial charge in [0.1, 0.15) is 12.2 Å². The van der Waals surface area contributed by atoms with Crippen LogP contribution in [-0.4, -0.2) is 54.6 Å². The molecule has 0 spiro atoms. The third kappa shape index (κ3) is 2.04. The van der Waals surface area contributed by atoms with Gasteiger partial charge in [0.25, 0.3) is 15.1 Å². The van der Waals surface area contributed by atoms with Crippen LogP contribution in [0.2, 0.25) is 0 Å². The quantitative estimate of drug-likeness (QED) is 0.207. The number of rotatable bonds is 2. The van der Waals surface area contributed by atoms with Gasteiger partial charge in [-0.05, 0) is 22.6 Å². The molecule has 1 saturated heterocycles. The number of nitrogens with zero attached hydrogens (tertiary/aromatic N) is 1. The van der Waals surface area contributed by atoms with Crippen LogP contribution in [-0.2, 0) is 8.47 Å². The van der Waals surface area contributed by atoms with Crippen LogP contribution in [0.3, 0.4) is 0 Å². The Labute approximate surface area is 119 Å². The molecule has 0 aliphatic carbocycles. The molecule has 106 valence electrons. The van der Waals surface area contributed by atoms with E-state index in [-0.39, 0.29) is 0 Å². The molecule has 2 heterocycles. The lowest BCUT2D eigenvalue weighted by molar-refractivity contribution is -0.257. The van der Waals surface area contributed by atoms with Crippen molar-refractivity contribution < 1.29 is 25.2 Å². The molecule has 0 unspecified atom stereocenters. The van der Waals surface area contributed by atoms with Crippen LogP contribution in [0.5, 0.6) is 0 Å². The van der Waals surface area contributed by atoms with Gasteiger partial charge < -0.3 is 25.2 Å². The van der Waals surface area contributed by atoms with Crippen molar-refractivity contribution in [2.24, 2.45) is 0 Å². The number of ether oxygens (including phenoxy) is 1. The number of halogens is 1. The van der Waals surface area contributed by atoms with Crippen molar-refractivity contribution in [1.82, 2.24) is 9.55 Å². The summed E-state index contributed by atoms with van der Waals surface area (Å²) >= 11 is 1.41. The van der Waals surface area contributed by atoms with Gasteiger partial charge in [0.15, 0.2) is 0 Å². The van der Waals surface area contributed by atoms with Gasteiger partial charge in [-0.15, -0.1) is 0 Å². The number of aliphatic hydroxyl groups is 4. The molecule has 0 aromatic carbocycles. The molecule has 0 bridgehead atoms. The maximum Gasteiger partial charge on any atom is 0.331 e. The molecular formula is C9H11IN2O7. The normalized spacial score (nSPS) is 33.5. The molecular weight excluding hydrogens is 375 g/mol. The molecule has 2 rings (SSSR count). The van der Waals surface area contributed by atoms with Gasteiger partial charge in [-0.3, -0.25) is 14.3 Å². The summed E-state index contributed by atoms with van der Waals surface area (Å²) in [6.07, 6.45) is -2.11. The molecule has 0 amide bonds. The maximum atomic E-state index is 11.7. The van der Waals surface area contributed by atoms with Crippen molar-refractivity contribution in [2.75, 3.05) is 6.61 Å². The molecule has 1 fully saturated rings. The minimum Gasteiger partial charge on any atom is -0.394 e. The Kier molecular flexibility index (Phi) is 3.57. The van der Waals surface area contributed by atoms with Gasteiger partial charge in [-0.2, -0.15) is 0 Å². The number of nitrogens with one attached hydrogen (secondary N) is 1. The van der Waals surface area contributed by atoms with Gasteiger partial charge >= 0.3 is 5.69 Å². The highest BCUT2D eigenvalue weighted by Crippen LogP contribution is 2.46.